The summed E-state index contributed by atoms with van der Waals surface area (Å²) in [6.45, 7) is 6.24. The van der Waals surface area contributed by atoms with Gasteiger partial charge in [0, 0.05) is 24.4 Å². The number of aliphatic hydroxyl groups excluding tert-OH is 1. The first-order valence-electron chi connectivity index (χ1n) is 5.84. The van der Waals surface area contributed by atoms with E-state index in [4.69, 9.17) is 9.84 Å². The second-order valence-electron chi connectivity index (χ2n) is 4.38. The summed E-state index contributed by atoms with van der Waals surface area (Å²) in [6.07, 6.45) is 0.678. The normalized spacial score (nSPS) is 12.6. The number of rotatable bonds is 6. The molecule has 1 rings (SSSR count). The molecular weight excluding hydrogens is 218 g/mol. The number of methoxy groups -OCH3 is 1. The zero-order valence-corrected chi connectivity index (χ0v) is 10.9. The highest BCUT2D eigenvalue weighted by molar-refractivity contribution is 5.31. The van der Waals surface area contributed by atoms with Crippen molar-refractivity contribution in [1.82, 2.24) is 9.97 Å². The Morgan fingerprint density at radius 1 is 1.41 bits per heavy atom. The predicted octanol–water partition coefficient (Wildman–Crippen LogP) is 1.61. The lowest BCUT2D eigenvalue weighted by Gasteiger charge is -2.21. The molecule has 0 fully saturated rings. The van der Waals surface area contributed by atoms with Crippen LogP contribution in [0.1, 0.15) is 26.0 Å². The number of aryl methyl sites for hydroxylation is 1. The van der Waals surface area contributed by atoms with Gasteiger partial charge in [-0.25, -0.2) is 4.98 Å². The lowest BCUT2D eigenvalue weighted by Crippen LogP contribution is -2.28. The van der Waals surface area contributed by atoms with E-state index in [2.05, 4.69) is 29.1 Å². The maximum absolute atomic E-state index is 9.01. The van der Waals surface area contributed by atoms with Crippen molar-refractivity contribution < 1.29 is 9.84 Å². The summed E-state index contributed by atoms with van der Waals surface area (Å²) in [7, 11) is 1.58. The summed E-state index contributed by atoms with van der Waals surface area (Å²) in [5.74, 6) is 1.50. The van der Waals surface area contributed by atoms with Crippen molar-refractivity contribution in [3.63, 3.8) is 0 Å². The molecule has 1 aromatic rings. The number of hydrogen-bond donors (Lipinski definition) is 2. The van der Waals surface area contributed by atoms with E-state index in [0.29, 0.717) is 24.2 Å². The molecule has 1 heterocycles. The van der Waals surface area contributed by atoms with Gasteiger partial charge in [0.2, 0.25) is 11.8 Å². The predicted molar refractivity (Wildman–Crippen MR) is 67.3 cm³/mol. The number of anilines is 1. The monoisotopic (exact) mass is 239 g/mol. The molecule has 96 valence electrons. The third kappa shape index (κ3) is 4.19. The fourth-order valence-corrected chi connectivity index (χ4v) is 1.59. The van der Waals surface area contributed by atoms with Crippen LogP contribution >= 0.6 is 0 Å². The van der Waals surface area contributed by atoms with E-state index >= 15 is 0 Å². The van der Waals surface area contributed by atoms with E-state index in [1.807, 2.05) is 6.92 Å². The Balaban J connectivity index is 2.81. The molecule has 2 N–H and O–H groups in total. The molecule has 0 saturated carbocycles. The quantitative estimate of drug-likeness (QED) is 0.789. The highest BCUT2D eigenvalue weighted by atomic mass is 16.5. The molecule has 0 amide bonds. The van der Waals surface area contributed by atoms with Gasteiger partial charge in [0.1, 0.15) is 0 Å². The van der Waals surface area contributed by atoms with Crippen LogP contribution in [-0.2, 0) is 0 Å². The number of aromatic nitrogens is 2. The molecule has 17 heavy (non-hydrogen) atoms. The van der Waals surface area contributed by atoms with Gasteiger partial charge < -0.3 is 15.2 Å². The van der Waals surface area contributed by atoms with Gasteiger partial charge in [0.15, 0.2) is 0 Å². The standard InChI is InChI=1S/C12H21N3O2/c1-8(2)10(5-6-16)14-12-13-9(3)7-11(15-12)17-4/h7-8,10,16H,5-6H2,1-4H3,(H,13,14,15). The molecule has 5 nitrogen and oxygen atoms in total. The fraction of sp³-hybridized carbons (Fsp3) is 0.667. The lowest BCUT2D eigenvalue weighted by molar-refractivity contribution is 0.267. The minimum Gasteiger partial charge on any atom is -0.481 e. The molecule has 0 spiro atoms. The molecule has 1 unspecified atom stereocenters. The molecule has 0 saturated heterocycles. The van der Waals surface area contributed by atoms with Gasteiger partial charge in [-0.1, -0.05) is 13.8 Å². The maximum Gasteiger partial charge on any atom is 0.226 e. The molecule has 0 aliphatic heterocycles. The minimum atomic E-state index is 0.152. The summed E-state index contributed by atoms with van der Waals surface area (Å²) in [5.41, 5.74) is 0.853. The minimum absolute atomic E-state index is 0.152. The summed E-state index contributed by atoms with van der Waals surface area (Å²) in [6, 6.07) is 1.94. The van der Waals surface area contributed by atoms with Crippen molar-refractivity contribution in [3.05, 3.63) is 11.8 Å². The van der Waals surface area contributed by atoms with Gasteiger partial charge in [-0.15, -0.1) is 0 Å². The second kappa shape index (κ2) is 6.39. The molecule has 5 heteroatoms. The Bertz CT molecular complexity index is 356. The van der Waals surface area contributed by atoms with E-state index in [-0.39, 0.29) is 12.6 Å². The number of nitrogens with zero attached hydrogens (tertiary/aromatic N) is 2. The van der Waals surface area contributed by atoms with Gasteiger partial charge in [0.25, 0.3) is 0 Å². The number of ether oxygens (including phenoxy) is 1. The lowest BCUT2D eigenvalue weighted by atomic mass is 10.0. The van der Waals surface area contributed by atoms with Crippen LogP contribution in [0.15, 0.2) is 6.07 Å². The van der Waals surface area contributed by atoms with Crippen LogP contribution in [0.5, 0.6) is 5.88 Å². The maximum atomic E-state index is 9.01. The summed E-state index contributed by atoms with van der Waals surface area (Å²) < 4.78 is 5.10. The summed E-state index contributed by atoms with van der Waals surface area (Å²) >= 11 is 0. The second-order valence-corrected chi connectivity index (χ2v) is 4.38. The van der Waals surface area contributed by atoms with E-state index in [1.165, 1.54) is 0 Å². The van der Waals surface area contributed by atoms with Gasteiger partial charge in [0.05, 0.1) is 7.11 Å². The third-order valence-electron chi connectivity index (χ3n) is 2.60. The van der Waals surface area contributed by atoms with E-state index in [1.54, 1.807) is 13.2 Å². The Labute approximate surface area is 102 Å². The van der Waals surface area contributed by atoms with Crippen molar-refractivity contribution in [2.75, 3.05) is 19.0 Å². The first-order chi connectivity index (χ1) is 8.06. The molecule has 1 atom stereocenters. The number of hydrogen-bond acceptors (Lipinski definition) is 5. The molecule has 1 aromatic heterocycles. The van der Waals surface area contributed by atoms with Crippen molar-refractivity contribution in [1.29, 1.82) is 0 Å². The van der Waals surface area contributed by atoms with E-state index in [9.17, 15) is 0 Å². The Morgan fingerprint density at radius 3 is 2.65 bits per heavy atom. The summed E-state index contributed by atoms with van der Waals surface area (Å²) in [5, 5.41) is 12.2. The van der Waals surface area contributed by atoms with Crippen molar-refractivity contribution in [2.24, 2.45) is 5.92 Å². The average Bonchev–Trinajstić information content (AvgIpc) is 2.27. The zero-order chi connectivity index (χ0) is 12.8. The first kappa shape index (κ1) is 13.7. The average molecular weight is 239 g/mol. The third-order valence-corrected chi connectivity index (χ3v) is 2.60. The Morgan fingerprint density at radius 2 is 2.12 bits per heavy atom. The van der Waals surface area contributed by atoms with Crippen LogP contribution in [-0.4, -0.2) is 34.8 Å². The molecule has 0 aliphatic carbocycles. The molecule has 0 aliphatic rings. The van der Waals surface area contributed by atoms with E-state index in [0.717, 1.165) is 5.69 Å². The zero-order valence-electron chi connectivity index (χ0n) is 10.9. The van der Waals surface area contributed by atoms with Crippen LogP contribution in [0.2, 0.25) is 0 Å². The summed E-state index contributed by atoms with van der Waals surface area (Å²) in [4.78, 5) is 8.53. The van der Waals surface area contributed by atoms with Crippen LogP contribution in [0.4, 0.5) is 5.95 Å². The smallest absolute Gasteiger partial charge is 0.226 e. The topological polar surface area (TPSA) is 67.3 Å². The van der Waals surface area contributed by atoms with Crippen LogP contribution in [0, 0.1) is 12.8 Å². The fourth-order valence-electron chi connectivity index (χ4n) is 1.59. The molecule has 0 aromatic carbocycles. The molecule has 0 bridgehead atoms. The SMILES string of the molecule is COc1cc(C)nc(NC(CCO)C(C)C)n1. The highest BCUT2D eigenvalue weighted by Gasteiger charge is 2.14. The van der Waals surface area contributed by atoms with Gasteiger partial charge in [-0.05, 0) is 19.3 Å². The molecule has 0 radical (unpaired) electrons. The van der Waals surface area contributed by atoms with Crippen molar-refractivity contribution >= 4 is 5.95 Å². The van der Waals surface area contributed by atoms with Gasteiger partial charge in [-0.2, -0.15) is 4.98 Å². The van der Waals surface area contributed by atoms with Crippen LogP contribution in [0.25, 0.3) is 0 Å². The van der Waals surface area contributed by atoms with Gasteiger partial charge >= 0.3 is 0 Å². The molecular formula is C12H21N3O2. The first-order valence-corrected chi connectivity index (χ1v) is 5.84. The number of nitrogens with one attached hydrogen (secondary N) is 1. The Kier molecular flexibility index (Phi) is 5.15. The van der Waals surface area contributed by atoms with Crippen LogP contribution < -0.4 is 10.1 Å². The van der Waals surface area contributed by atoms with Crippen molar-refractivity contribution in [3.8, 4) is 5.88 Å². The van der Waals surface area contributed by atoms with E-state index < -0.39 is 0 Å². The Hall–Kier alpha value is -1.36. The van der Waals surface area contributed by atoms with Crippen LogP contribution in [0.3, 0.4) is 0 Å². The highest BCUT2D eigenvalue weighted by Crippen LogP contribution is 2.15. The largest absolute Gasteiger partial charge is 0.481 e. The number of aliphatic hydroxyl groups is 1. The van der Waals surface area contributed by atoms with Gasteiger partial charge in [-0.3, -0.25) is 0 Å². The van der Waals surface area contributed by atoms with Crippen molar-refractivity contribution in [2.45, 2.75) is 33.2 Å².